The van der Waals surface area contributed by atoms with Crippen molar-refractivity contribution >= 4 is 82.1 Å². The molecule has 2 heterocycles. The van der Waals surface area contributed by atoms with Gasteiger partial charge >= 0.3 is 0 Å². The van der Waals surface area contributed by atoms with Crippen molar-refractivity contribution in [3.05, 3.63) is 208 Å². The predicted molar refractivity (Wildman–Crippen MR) is 223 cm³/mol. The highest BCUT2D eigenvalue weighted by atomic mass is 32.1. The molecule has 0 saturated carbocycles. The molecule has 0 radical (unpaired) electrons. The van der Waals surface area contributed by atoms with Crippen LogP contribution in [-0.4, -0.2) is 0 Å². The van der Waals surface area contributed by atoms with Gasteiger partial charge in [-0.25, -0.2) is 0 Å². The van der Waals surface area contributed by atoms with Crippen molar-refractivity contribution in [2.75, 3.05) is 4.90 Å². The van der Waals surface area contributed by atoms with Gasteiger partial charge in [-0.3, -0.25) is 0 Å². The van der Waals surface area contributed by atoms with Gasteiger partial charge in [-0.05, 0) is 75.9 Å². The van der Waals surface area contributed by atoms with E-state index in [1.807, 2.05) is 22.7 Å². The highest BCUT2D eigenvalue weighted by Crippen LogP contribution is 2.58. The number of nitrogens with zero attached hydrogens (tertiary/aromatic N) is 1. The lowest BCUT2D eigenvalue weighted by molar-refractivity contribution is 0.778. The topological polar surface area (TPSA) is 3.24 Å². The van der Waals surface area contributed by atoms with Crippen LogP contribution < -0.4 is 4.90 Å². The maximum absolute atomic E-state index is 3.22. The van der Waals surface area contributed by atoms with Gasteiger partial charge in [0.05, 0.1) is 11.1 Å². The van der Waals surface area contributed by atoms with Gasteiger partial charge in [0.2, 0.25) is 0 Å². The van der Waals surface area contributed by atoms with E-state index in [1.54, 1.807) is 0 Å². The Labute approximate surface area is 310 Å². The molecule has 0 saturated heterocycles. The Morgan fingerprint density at radius 3 is 1.94 bits per heavy atom. The summed E-state index contributed by atoms with van der Waals surface area (Å²) in [6, 6.07) is 60.5. The van der Waals surface area contributed by atoms with E-state index in [4.69, 9.17) is 0 Å². The van der Waals surface area contributed by atoms with Crippen LogP contribution in [0.25, 0.3) is 53.5 Å². The summed E-state index contributed by atoms with van der Waals surface area (Å²) in [5.74, 6) is 0. The van der Waals surface area contributed by atoms with E-state index in [1.165, 1.54) is 74.1 Å². The Balaban J connectivity index is 1.17. The summed E-state index contributed by atoms with van der Waals surface area (Å²) >= 11 is 3.73. The number of para-hydroxylation sites is 1. The second-order valence-corrected chi connectivity index (χ2v) is 15.6. The summed E-state index contributed by atoms with van der Waals surface area (Å²) in [7, 11) is 0. The molecule has 242 valence electrons. The molecule has 2 aromatic heterocycles. The summed E-state index contributed by atoms with van der Waals surface area (Å²) in [4.78, 5) is 3.65. The van der Waals surface area contributed by atoms with Crippen LogP contribution in [0.3, 0.4) is 0 Å². The van der Waals surface area contributed by atoms with Crippen molar-refractivity contribution in [3.63, 3.8) is 0 Å². The van der Waals surface area contributed by atoms with Gasteiger partial charge in [-0.1, -0.05) is 139 Å². The van der Waals surface area contributed by atoms with E-state index in [2.05, 4.69) is 192 Å². The average Bonchev–Trinajstić information content (AvgIpc) is 3.87. The minimum absolute atomic E-state index is 0.447. The molecule has 2 aliphatic carbocycles. The van der Waals surface area contributed by atoms with Gasteiger partial charge in [0.15, 0.2) is 0 Å². The molecule has 0 bridgehead atoms. The summed E-state index contributed by atoms with van der Waals surface area (Å²) in [6.07, 6.45) is 4.14. The summed E-state index contributed by atoms with van der Waals surface area (Å²) < 4.78 is 3.86. The van der Waals surface area contributed by atoms with E-state index < -0.39 is 5.41 Å². The number of thiophene rings is 2. The Morgan fingerprint density at radius 2 is 1.15 bits per heavy atom. The van der Waals surface area contributed by atoms with Crippen LogP contribution in [0.5, 0.6) is 0 Å². The molecule has 0 amide bonds. The van der Waals surface area contributed by atoms with E-state index in [0.717, 1.165) is 17.1 Å². The molecule has 0 aliphatic heterocycles. The number of benzene rings is 7. The monoisotopic (exact) mass is 695 g/mol. The Hall–Kier alpha value is -6.18. The molecule has 2 aliphatic rings. The van der Waals surface area contributed by atoms with Gasteiger partial charge < -0.3 is 4.90 Å². The maximum Gasteiger partial charge on any atom is 0.0727 e. The smallest absolute Gasteiger partial charge is 0.0727 e. The molecule has 0 unspecified atom stereocenters. The van der Waals surface area contributed by atoms with E-state index in [9.17, 15) is 0 Å². The third-order valence-electron chi connectivity index (χ3n) is 10.8. The van der Waals surface area contributed by atoms with Crippen LogP contribution in [0.2, 0.25) is 0 Å². The van der Waals surface area contributed by atoms with Crippen molar-refractivity contribution in [2.24, 2.45) is 0 Å². The first-order valence-electron chi connectivity index (χ1n) is 17.6. The zero-order valence-corrected chi connectivity index (χ0v) is 29.6. The molecule has 0 fully saturated rings. The zero-order valence-electron chi connectivity index (χ0n) is 28.0. The van der Waals surface area contributed by atoms with Gasteiger partial charge in [0.1, 0.15) is 0 Å². The van der Waals surface area contributed by atoms with E-state index in [-0.39, 0.29) is 0 Å². The minimum Gasteiger partial charge on any atom is -0.310 e. The molecule has 0 spiro atoms. The lowest BCUT2D eigenvalue weighted by Gasteiger charge is -2.34. The number of hydrogen-bond donors (Lipinski definition) is 0. The molecular weight excluding hydrogens is 667 g/mol. The molecular formula is C49H29NS2. The lowest BCUT2D eigenvalue weighted by Crippen LogP contribution is -2.28. The first kappa shape index (κ1) is 29.5. The fourth-order valence-electron chi connectivity index (χ4n) is 8.74. The number of fused-ring (bicyclic) bond motifs is 9. The van der Waals surface area contributed by atoms with Gasteiger partial charge in [0, 0.05) is 58.1 Å². The van der Waals surface area contributed by atoms with Crippen molar-refractivity contribution in [2.45, 2.75) is 5.41 Å². The number of rotatable bonds is 5. The molecule has 52 heavy (non-hydrogen) atoms. The van der Waals surface area contributed by atoms with Crippen LogP contribution >= 0.6 is 22.7 Å². The number of hydrogen-bond acceptors (Lipinski definition) is 3. The molecule has 0 N–H and O–H groups in total. The largest absolute Gasteiger partial charge is 0.310 e. The fraction of sp³-hybridized carbons (Fsp3) is 0.0204. The van der Waals surface area contributed by atoms with Crippen LogP contribution in [0, 0.1) is 0 Å². The standard InChI is InChI=1S/C49H29NS2/c1-3-15-32(16-4-1)49(40-23-10-7-19-35(40)36-20-8-11-24-41(36)49)42-25-13-22-38-37-30-29-34(31-46(37)52-48(38)42)50(33-17-5-2-6-18-33)43-26-14-28-45-47(43)39-21-9-12-27-44(39)51-45/h1-8,10-11,13-31H. The summed E-state index contributed by atoms with van der Waals surface area (Å²) in [6.45, 7) is 0. The Morgan fingerprint density at radius 1 is 0.481 bits per heavy atom. The second kappa shape index (κ2) is 11.4. The first-order chi connectivity index (χ1) is 25.8. The molecule has 3 heteroatoms. The fourth-order valence-corrected chi connectivity index (χ4v) is 11.1. The van der Waals surface area contributed by atoms with Crippen LogP contribution in [0.4, 0.5) is 17.1 Å². The van der Waals surface area contributed by atoms with Crippen molar-refractivity contribution in [1.82, 2.24) is 0 Å². The Kier molecular flexibility index (Phi) is 6.49. The van der Waals surface area contributed by atoms with Gasteiger partial charge in [-0.2, -0.15) is 0 Å². The van der Waals surface area contributed by atoms with Crippen molar-refractivity contribution < 1.29 is 0 Å². The van der Waals surface area contributed by atoms with Gasteiger partial charge in [0.25, 0.3) is 0 Å². The minimum atomic E-state index is -0.447. The van der Waals surface area contributed by atoms with Crippen LogP contribution in [0.15, 0.2) is 175 Å². The first-order valence-corrected chi connectivity index (χ1v) is 19.2. The predicted octanol–water partition coefficient (Wildman–Crippen LogP) is 13.9. The molecule has 1 nitrogen and oxygen atoms in total. The average molecular weight is 696 g/mol. The molecule has 7 aromatic carbocycles. The normalized spacial score (nSPS) is 13.5. The maximum atomic E-state index is 3.22. The lowest BCUT2D eigenvalue weighted by atomic mass is 9.67. The highest BCUT2D eigenvalue weighted by Gasteiger charge is 2.47. The van der Waals surface area contributed by atoms with E-state index in [0.29, 0.717) is 0 Å². The SMILES string of the molecule is C1=C=Cc2c(sc3cccc(N(c4ccccc4)c4ccc5c(c4)sc4c(C6(c7ccccc7)c7ccccc7-c7ccccc76)cccc45)c23)C=1. The van der Waals surface area contributed by atoms with Crippen LogP contribution in [-0.2, 0) is 5.41 Å². The van der Waals surface area contributed by atoms with Crippen molar-refractivity contribution in [3.8, 4) is 11.1 Å². The van der Waals surface area contributed by atoms with Crippen molar-refractivity contribution in [1.29, 1.82) is 0 Å². The molecule has 11 rings (SSSR count). The second-order valence-electron chi connectivity index (χ2n) is 13.5. The van der Waals surface area contributed by atoms with E-state index >= 15 is 0 Å². The van der Waals surface area contributed by atoms with Crippen LogP contribution in [0.1, 0.15) is 32.7 Å². The quantitative estimate of drug-likeness (QED) is 0.162. The third kappa shape index (κ3) is 4.11. The molecule has 0 atom stereocenters. The summed E-state index contributed by atoms with van der Waals surface area (Å²) in [5.41, 5.74) is 18.5. The Bertz CT molecular complexity index is 2940. The third-order valence-corrected chi connectivity index (χ3v) is 13.1. The highest BCUT2D eigenvalue weighted by molar-refractivity contribution is 7.26. The number of anilines is 3. The van der Waals surface area contributed by atoms with Gasteiger partial charge in [-0.15, -0.1) is 22.7 Å². The summed E-state index contributed by atoms with van der Waals surface area (Å²) in [5, 5.41) is 3.83. The molecule has 9 aromatic rings. The zero-order chi connectivity index (χ0) is 34.2.